The lowest BCUT2D eigenvalue weighted by Crippen LogP contribution is -2.48. The standard InChI is InChI=1S/C26H30N2O3/c1-3-21-8-10-23(11-9-21)30-19-24-12-13-25(31-24)26(29)28-16-14-27(15-17-28)18-22-7-5-4-6-20(22)2/h4-13H,3,14-19H2,1-2H3. The molecule has 2 heterocycles. The van der Waals surface area contributed by atoms with Gasteiger partial charge in [-0.05, 0) is 54.3 Å². The number of amides is 1. The molecule has 0 unspecified atom stereocenters. The first-order valence-corrected chi connectivity index (χ1v) is 11.0. The van der Waals surface area contributed by atoms with E-state index in [9.17, 15) is 4.79 Å². The van der Waals surface area contributed by atoms with Crippen LogP contribution < -0.4 is 4.74 Å². The molecule has 31 heavy (non-hydrogen) atoms. The molecule has 0 saturated carbocycles. The molecule has 4 rings (SSSR count). The first kappa shape index (κ1) is 21.2. The molecule has 1 aliphatic heterocycles. The van der Waals surface area contributed by atoms with Gasteiger partial charge in [0.15, 0.2) is 5.76 Å². The Hall–Kier alpha value is -3.05. The Labute approximate surface area is 184 Å². The maximum atomic E-state index is 12.8. The van der Waals surface area contributed by atoms with E-state index in [-0.39, 0.29) is 5.91 Å². The SMILES string of the molecule is CCc1ccc(OCc2ccc(C(=O)N3CCN(Cc4ccccc4C)CC3)o2)cc1. The summed E-state index contributed by atoms with van der Waals surface area (Å²) in [5.74, 6) is 1.79. The summed E-state index contributed by atoms with van der Waals surface area (Å²) >= 11 is 0. The van der Waals surface area contributed by atoms with Gasteiger partial charge in [0.25, 0.3) is 5.91 Å². The van der Waals surface area contributed by atoms with Crippen molar-refractivity contribution in [2.75, 3.05) is 26.2 Å². The highest BCUT2D eigenvalue weighted by Crippen LogP contribution is 2.18. The average Bonchev–Trinajstić information content (AvgIpc) is 3.29. The molecule has 1 aromatic heterocycles. The zero-order valence-electron chi connectivity index (χ0n) is 18.3. The molecule has 5 nitrogen and oxygen atoms in total. The minimum absolute atomic E-state index is 0.0471. The monoisotopic (exact) mass is 418 g/mol. The average molecular weight is 419 g/mol. The number of piperazine rings is 1. The normalized spacial score (nSPS) is 14.6. The summed E-state index contributed by atoms with van der Waals surface area (Å²) in [6.45, 7) is 8.66. The van der Waals surface area contributed by atoms with Crippen molar-refractivity contribution in [2.45, 2.75) is 33.4 Å². The van der Waals surface area contributed by atoms with Gasteiger partial charge in [0.05, 0.1) is 0 Å². The van der Waals surface area contributed by atoms with E-state index in [4.69, 9.17) is 9.15 Å². The van der Waals surface area contributed by atoms with Crippen LogP contribution in [-0.4, -0.2) is 41.9 Å². The van der Waals surface area contributed by atoms with E-state index in [1.165, 1.54) is 16.7 Å². The number of furan rings is 1. The molecule has 0 bridgehead atoms. The van der Waals surface area contributed by atoms with Crippen LogP contribution >= 0.6 is 0 Å². The van der Waals surface area contributed by atoms with E-state index < -0.39 is 0 Å². The number of ether oxygens (including phenoxy) is 1. The van der Waals surface area contributed by atoms with E-state index in [1.54, 1.807) is 6.07 Å². The molecule has 0 radical (unpaired) electrons. The van der Waals surface area contributed by atoms with Crippen molar-refractivity contribution in [1.82, 2.24) is 9.80 Å². The van der Waals surface area contributed by atoms with Crippen molar-refractivity contribution < 1.29 is 13.9 Å². The van der Waals surface area contributed by atoms with Crippen LogP contribution in [0.3, 0.4) is 0 Å². The van der Waals surface area contributed by atoms with Gasteiger partial charge in [-0.15, -0.1) is 0 Å². The van der Waals surface area contributed by atoms with Crippen LogP contribution in [0.15, 0.2) is 65.1 Å². The van der Waals surface area contributed by atoms with Crippen LogP contribution in [0.2, 0.25) is 0 Å². The Morgan fingerprint density at radius 3 is 2.42 bits per heavy atom. The Balaban J connectivity index is 1.27. The second-order valence-electron chi connectivity index (χ2n) is 8.05. The molecule has 1 fully saturated rings. The Kier molecular flexibility index (Phi) is 6.73. The first-order chi connectivity index (χ1) is 15.1. The quantitative estimate of drug-likeness (QED) is 0.559. The highest BCUT2D eigenvalue weighted by molar-refractivity contribution is 5.91. The molecule has 1 aliphatic rings. The number of hydrogen-bond acceptors (Lipinski definition) is 4. The highest BCUT2D eigenvalue weighted by Gasteiger charge is 2.24. The predicted octanol–water partition coefficient (Wildman–Crippen LogP) is 4.69. The zero-order valence-corrected chi connectivity index (χ0v) is 18.3. The van der Waals surface area contributed by atoms with Crippen LogP contribution in [0.5, 0.6) is 5.75 Å². The molecule has 0 N–H and O–H groups in total. The fourth-order valence-electron chi connectivity index (χ4n) is 3.84. The molecule has 2 aromatic carbocycles. The summed E-state index contributed by atoms with van der Waals surface area (Å²) in [5.41, 5.74) is 3.94. The van der Waals surface area contributed by atoms with Crippen molar-refractivity contribution in [1.29, 1.82) is 0 Å². The minimum atomic E-state index is -0.0471. The summed E-state index contributed by atoms with van der Waals surface area (Å²) in [6, 6.07) is 20.1. The van der Waals surface area contributed by atoms with Crippen molar-refractivity contribution in [2.24, 2.45) is 0 Å². The van der Waals surface area contributed by atoms with Crippen LogP contribution in [0, 0.1) is 6.92 Å². The lowest BCUT2D eigenvalue weighted by molar-refractivity contribution is 0.0594. The van der Waals surface area contributed by atoms with Gasteiger partial charge in [-0.1, -0.05) is 43.3 Å². The van der Waals surface area contributed by atoms with Gasteiger partial charge >= 0.3 is 0 Å². The van der Waals surface area contributed by atoms with Gasteiger partial charge < -0.3 is 14.1 Å². The summed E-state index contributed by atoms with van der Waals surface area (Å²) in [6.07, 6.45) is 1.00. The molecule has 0 atom stereocenters. The van der Waals surface area contributed by atoms with Gasteiger partial charge in [0, 0.05) is 32.7 Å². The fraction of sp³-hybridized carbons (Fsp3) is 0.346. The van der Waals surface area contributed by atoms with Gasteiger partial charge in [0.2, 0.25) is 0 Å². The number of rotatable bonds is 7. The Morgan fingerprint density at radius 2 is 1.71 bits per heavy atom. The predicted molar refractivity (Wildman–Crippen MR) is 121 cm³/mol. The number of aryl methyl sites for hydroxylation is 2. The third-order valence-electron chi connectivity index (χ3n) is 5.90. The highest BCUT2D eigenvalue weighted by atomic mass is 16.5. The van der Waals surface area contributed by atoms with E-state index in [0.29, 0.717) is 31.2 Å². The molecule has 1 saturated heterocycles. The number of nitrogens with zero attached hydrogens (tertiary/aromatic N) is 2. The maximum absolute atomic E-state index is 12.8. The smallest absolute Gasteiger partial charge is 0.289 e. The molecular weight excluding hydrogens is 388 g/mol. The number of hydrogen-bond donors (Lipinski definition) is 0. The second kappa shape index (κ2) is 9.84. The molecule has 3 aromatic rings. The van der Waals surface area contributed by atoms with Gasteiger partial charge in [0.1, 0.15) is 18.1 Å². The van der Waals surface area contributed by atoms with E-state index in [0.717, 1.165) is 31.8 Å². The lowest BCUT2D eigenvalue weighted by atomic mass is 10.1. The maximum Gasteiger partial charge on any atom is 0.289 e. The molecular formula is C26H30N2O3. The summed E-state index contributed by atoms with van der Waals surface area (Å²) in [4.78, 5) is 17.1. The summed E-state index contributed by atoms with van der Waals surface area (Å²) in [5, 5.41) is 0. The van der Waals surface area contributed by atoms with Crippen LogP contribution in [0.4, 0.5) is 0 Å². The topological polar surface area (TPSA) is 45.9 Å². The lowest BCUT2D eigenvalue weighted by Gasteiger charge is -2.34. The Morgan fingerprint density at radius 1 is 0.968 bits per heavy atom. The number of benzene rings is 2. The van der Waals surface area contributed by atoms with Crippen molar-refractivity contribution >= 4 is 5.91 Å². The Bertz CT molecular complexity index is 1000. The third kappa shape index (κ3) is 5.36. The first-order valence-electron chi connectivity index (χ1n) is 11.0. The van der Waals surface area contributed by atoms with Gasteiger partial charge in [-0.2, -0.15) is 0 Å². The second-order valence-corrected chi connectivity index (χ2v) is 8.05. The molecule has 0 aliphatic carbocycles. The van der Waals surface area contributed by atoms with E-state index in [1.807, 2.05) is 23.1 Å². The van der Waals surface area contributed by atoms with Crippen molar-refractivity contribution in [3.63, 3.8) is 0 Å². The summed E-state index contributed by atoms with van der Waals surface area (Å²) in [7, 11) is 0. The van der Waals surface area contributed by atoms with Crippen LogP contribution in [0.1, 0.15) is 39.9 Å². The van der Waals surface area contributed by atoms with E-state index in [2.05, 4.69) is 55.1 Å². The zero-order chi connectivity index (χ0) is 21.6. The summed E-state index contributed by atoms with van der Waals surface area (Å²) < 4.78 is 11.6. The minimum Gasteiger partial charge on any atom is -0.486 e. The van der Waals surface area contributed by atoms with Gasteiger partial charge in [-0.3, -0.25) is 9.69 Å². The number of carbonyl (C=O) groups excluding carboxylic acids is 1. The molecule has 1 amide bonds. The third-order valence-corrected chi connectivity index (χ3v) is 5.90. The van der Waals surface area contributed by atoms with Gasteiger partial charge in [-0.25, -0.2) is 0 Å². The number of carbonyl (C=O) groups is 1. The van der Waals surface area contributed by atoms with Crippen molar-refractivity contribution in [3.05, 3.63) is 88.9 Å². The van der Waals surface area contributed by atoms with Crippen LogP contribution in [0.25, 0.3) is 0 Å². The van der Waals surface area contributed by atoms with Crippen molar-refractivity contribution in [3.8, 4) is 5.75 Å². The van der Waals surface area contributed by atoms with E-state index >= 15 is 0 Å². The molecule has 0 spiro atoms. The molecule has 162 valence electrons. The van der Waals surface area contributed by atoms with Crippen LogP contribution in [-0.2, 0) is 19.6 Å². The molecule has 5 heteroatoms. The largest absolute Gasteiger partial charge is 0.486 e. The fourth-order valence-corrected chi connectivity index (χ4v) is 3.84.